The number of rotatable bonds is 11. The maximum atomic E-state index is 12.5. The minimum Gasteiger partial charge on any atom is -0.465 e. The Balaban J connectivity index is 2.00. The molecule has 0 radical (unpaired) electrons. The number of carbonyl (C=O) groups excluding carboxylic acids is 2. The van der Waals surface area contributed by atoms with Crippen LogP contribution in [0.4, 0.5) is 0 Å². The van der Waals surface area contributed by atoms with Crippen LogP contribution in [-0.4, -0.2) is 30.1 Å². The van der Waals surface area contributed by atoms with Crippen LogP contribution in [0, 0.1) is 18.8 Å². The molecule has 0 bridgehead atoms. The Hall–Kier alpha value is -3.87. The average Bonchev–Trinajstić information content (AvgIpc) is 2.86. The van der Waals surface area contributed by atoms with E-state index in [0.29, 0.717) is 12.0 Å². The van der Waals surface area contributed by atoms with Gasteiger partial charge in [0.05, 0.1) is 13.2 Å². The molecule has 0 fully saturated rings. The summed E-state index contributed by atoms with van der Waals surface area (Å²) in [6, 6.07) is 18.4. The summed E-state index contributed by atoms with van der Waals surface area (Å²) >= 11 is 0. The Morgan fingerprint density at radius 2 is 1.47 bits per heavy atom. The first kappa shape index (κ1) is 26.7. The fraction of sp³-hybridized carbons (Fsp3) is 0.345. The number of nitrogens with zero attached hydrogens (tertiary/aromatic N) is 2. The Bertz CT molecular complexity index is 1170. The summed E-state index contributed by atoms with van der Waals surface area (Å²) in [7, 11) is 0. The van der Waals surface area contributed by atoms with Gasteiger partial charge < -0.3 is 9.47 Å². The molecule has 3 rings (SSSR count). The Labute approximate surface area is 211 Å². The lowest BCUT2D eigenvalue weighted by molar-refractivity contribution is -0.156. The molecule has 0 aliphatic carbocycles. The maximum absolute atomic E-state index is 12.5. The zero-order valence-corrected chi connectivity index (χ0v) is 21.1. The molecule has 0 saturated carbocycles. The highest BCUT2D eigenvalue weighted by Gasteiger charge is 2.32. The van der Waals surface area contributed by atoms with Crippen molar-refractivity contribution in [3.63, 3.8) is 0 Å². The summed E-state index contributed by atoms with van der Waals surface area (Å²) in [5, 5.41) is 3.45. The van der Waals surface area contributed by atoms with Crippen LogP contribution in [0.1, 0.15) is 71.7 Å². The number of hydrogen-bond donors (Lipinski definition) is 0. The van der Waals surface area contributed by atoms with E-state index < -0.39 is 23.9 Å². The fourth-order valence-corrected chi connectivity index (χ4v) is 4.40. The van der Waals surface area contributed by atoms with E-state index in [-0.39, 0.29) is 19.1 Å². The SMILES string of the molecule is CCOC(=O)C(C(=O)OCC)c1ccc(C(CC(N=O)c2ccnc(C)c2)c2ccccc2C)cc1. The molecule has 2 atom stereocenters. The van der Waals surface area contributed by atoms with Gasteiger partial charge in [-0.25, -0.2) is 0 Å². The zero-order chi connectivity index (χ0) is 26.1. The summed E-state index contributed by atoms with van der Waals surface area (Å²) in [6.45, 7) is 7.63. The van der Waals surface area contributed by atoms with Gasteiger partial charge in [-0.1, -0.05) is 53.7 Å². The number of benzene rings is 2. The van der Waals surface area contributed by atoms with Gasteiger partial charge >= 0.3 is 11.9 Å². The second-order valence-electron chi connectivity index (χ2n) is 8.60. The molecule has 0 N–H and O–H groups in total. The van der Waals surface area contributed by atoms with Crippen molar-refractivity contribution in [2.24, 2.45) is 5.18 Å². The van der Waals surface area contributed by atoms with Crippen molar-refractivity contribution >= 4 is 11.9 Å². The molecule has 7 nitrogen and oxygen atoms in total. The van der Waals surface area contributed by atoms with Gasteiger partial charge in [0.2, 0.25) is 0 Å². The molecule has 2 aromatic carbocycles. The van der Waals surface area contributed by atoms with Crippen LogP contribution in [0.15, 0.2) is 72.0 Å². The van der Waals surface area contributed by atoms with Gasteiger partial charge in [-0.05, 0) is 74.1 Å². The van der Waals surface area contributed by atoms with E-state index >= 15 is 0 Å². The van der Waals surface area contributed by atoms with Crippen molar-refractivity contribution in [2.75, 3.05) is 13.2 Å². The molecule has 0 aliphatic heterocycles. The number of nitroso groups, excluding NO2 is 1. The van der Waals surface area contributed by atoms with Gasteiger partial charge in [0.1, 0.15) is 6.04 Å². The third kappa shape index (κ3) is 6.42. The Kier molecular flexibility index (Phi) is 9.45. The highest BCUT2D eigenvalue weighted by Crippen LogP contribution is 2.37. The highest BCUT2D eigenvalue weighted by molar-refractivity contribution is 6.00. The third-order valence-electron chi connectivity index (χ3n) is 6.17. The molecule has 7 heteroatoms. The van der Waals surface area contributed by atoms with E-state index in [4.69, 9.17) is 9.47 Å². The van der Waals surface area contributed by atoms with Crippen molar-refractivity contribution in [2.45, 2.75) is 52.0 Å². The topological polar surface area (TPSA) is 94.9 Å². The van der Waals surface area contributed by atoms with Gasteiger partial charge in [-0.3, -0.25) is 14.6 Å². The molecule has 0 spiro atoms. The van der Waals surface area contributed by atoms with E-state index in [9.17, 15) is 14.5 Å². The second kappa shape index (κ2) is 12.7. The van der Waals surface area contributed by atoms with Crippen molar-refractivity contribution in [3.05, 3.63) is 105 Å². The lowest BCUT2D eigenvalue weighted by Gasteiger charge is -2.23. The Morgan fingerprint density at radius 1 is 0.861 bits per heavy atom. The molecule has 2 unspecified atom stereocenters. The van der Waals surface area contributed by atoms with Crippen molar-refractivity contribution in [3.8, 4) is 0 Å². The summed E-state index contributed by atoms with van der Waals surface area (Å²) in [5.41, 5.74) is 5.25. The van der Waals surface area contributed by atoms with Gasteiger partial charge in [0.25, 0.3) is 0 Å². The molecule has 0 saturated heterocycles. The molecule has 1 heterocycles. The molecule has 0 amide bonds. The number of ether oxygens (including phenoxy) is 2. The van der Waals surface area contributed by atoms with Crippen molar-refractivity contribution in [1.82, 2.24) is 4.98 Å². The standard InChI is InChI=1S/C29H32N2O5/c1-5-35-28(32)27(29(33)36-6-2)22-13-11-21(12-14-22)25(24-10-8-7-9-19(24)3)18-26(31-34)23-15-16-30-20(4)17-23/h7-17,25-27H,5-6,18H2,1-4H3. The minimum atomic E-state index is -1.15. The largest absolute Gasteiger partial charge is 0.465 e. The van der Waals surface area contributed by atoms with Crippen LogP contribution in [0.25, 0.3) is 0 Å². The molecule has 0 aliphatic rings. The van der Waals surface area contributed by atoms with E-state index in [2.05, 4.69) is 10.2 Å². The highest BCUT2D eigenvalue weighted by atomic mass is 16.6. The number of pyridine rings is 1. The van der Waals surface area contributed by atoms with Crippen LogP contribution in [0.5, 0.6) is 0 Å². The van der Waals surface area contributed by atoms with Gasteiger partial charge in [0, 0.05) is 17.8 Å². The van der Waals surface area contributed by atoms with Crippen LogP contribution in [-0.2, 0) is 19.1 Å². The predicted octanol–water partition coefficient (Wildman–Crippen LogP) is 5.94. The molecular weight excluding hydrogens is 456 g/mol. The van der Waals surface area contributed by atoms with Crippen LogP contribution >= 0.6 is 0 Å². The summed E-state index contributed by atoms with van der Waals surface area (Å²) in [4.78, 5) is 41.2. The van der Waals surface area contributed by atoms with Gasteiger partial charge in [0.15, 0.2) is 5.92 Å². The normalized spacial score (nSPS) is 12.6. The van der Waals surface area contributed by atoms with Crippen LogP contribution in [0.2, 0.25) is 0 Å². The summed E-state index contributed by atoms with van der Waals surface area (Å²) < 4.78 is 10.2. The van der Waals surface area contributed by atoms with Crippen molar-refractivity contribution in [1.29, 1.82) is 0 Å². The number of carbonyl (C=O) groups is 2. The van der Waals surface area contributed by atoms with Crippen molar-refractivity contribution < 1.29 is 19.1 Å². The van der Waals surface area contributed by atoms with Gasteiger partial charge in [-0.15, -0.1) is 0 Å². The molecule has 36 heavy (non-hydrogen) atoms. The first-order chi connectivity index (χ1) is 17.4. The number of aromatic nitrogens is 1. The van der Waals surface area contributed by atoms with E-state index in [1.165, 1.54) is 0 Å². The van der Waals surface area contributed by atoms with E-state index in [0.717, 1.165) is 27.9 Å². The summed E-state index contributed by atoms with van der Waals surface area (Å²) in [5.74, 6) is -2.57. The van der Waals surface area contributed by atoms with Gasteiger partial charge in [-0.2, -0.15) is 4.91 Å². The van der Waals surface area contributed by atoms with Crippen LogP contribution in [0.3, 0.4) is 0 Å². The maximum Gasteiger partial charge on any atom is 0.324 e. The first-order valence-electron chi connectivity index (χ1n) is 12.1. The zero-order valence-electron chi connectivity index (χ0n) is 21.1. The monoisotopic (exact) mass is 488 g/mol. The molecular formula is C29H32N2O5. The minimum absolute atomic E-state index is 0.139. The Morgan fingerprint density at radius 3 is 2.03 bits per heavy atom. The lowest BCUT2D eigenvalue weighted by Crippen LogP contribution is -2.26. The predicted molar refractivity (Wildman–Crippen MR) is 138 cm³/mol. The lowest BCUT2D eigenvalue weighted by atomic mass is 9.82. The van der Waals surface area contributed by atoms with E-state index in [1.54, 1.807) is 32.2 Å². The average molecular weight is 489 g/mol. The van der Waals surface area contributed by atoms with Crippen LogP contribution < -0.4 is 0 Å². The number of aryl methyl sites for hydroxylation is 2. The first-order valence-corrected chi connectivity index (χ1v) is 12.1. The molecule has 3 aromatic rings. The second-order valence-corrected chi connectivity index (χ2v) is 8.60. The number of esters is 2. The molecule has 1 aromatic heterocycles. The summed E-state index contributed by atoms with van der Waals surface area (Å²) in [6.07, 6.45) is 2.14. The molecule has 188 valence electrons. The quantitative estimate of drug-likeness (QED) is 0.188. The smallest absolute Gasteiger partial charge is 0.324 e. The third-order valence-corrected chi connectivity index (χ3v) is 6.17. The fourth-order valence-electron chi connectivity index (χ4n) is 4.40. The van der Waals surface area contributed by atoms with E-state index in [1.807, 2.05) is 62.4 Å². The number of hydrogen-bond acceptors (Lipinski definition) is 7.